The van der Waals surface area contributed by atoms with Gasteiger partial charge in [-0.05, 0) is 99.1 Å². The highest BCUT2D eigenvalue weighted by Gasteiger charge is 2.17. The zero-order valence-electron chi connectivity index (χ0n) is 19.7. The maximum atomic E-state index is 6.19. The van der Waals surface area contributed by atoms with Gasteiger partial charge in [-0.25, -0.2) is 9.97 Å². The Morgan fingerprint density at radius 1 is 0.941 bits per heavy atom. The number of aromatic amines is 1. The summed E-state index contributed by atoms with van der Waals surface area (Å²) in [5.74, 6) is 0. The Labute approximate surface area is 210 Å². The number of piperazine rings is 1. The molecule has 3 heterocycles. The van der Waals surface area contributed by atoms with Crippen LogP contribution in [-0.2, 0) is 6.42 Å². The number of rotatable bonds is 7. The fraction of sp³-hybridized carbons (Fsp3) is 0.333. The van der Waals surface area contributed by atoms with Crippen LogP contribution in [0.1, 0.15) is 23.4 Å². The Bertz CT molecular complexity index is 1240. The lowest BCUT2D eigenvalue weighted by Gasteiger charge is -2.36. The second-order valence-electron chi connectivity index (χ2n) is 8.97. The molecule has 34 heavy (non-hydrogen) atoms. The molecule has 1 aliphatic rings. The second kappa shape index (κ2) is 10.4. The Hall–Kier alpha value is -2.54. The number of nitrogens with zero attached hydrogens (tertiary/aromatic N) is 4. The molecule has 0 saturated carbocycles. The van der Waals surface area contributed by atoms with E-state index >= 15 is 0 Å². The predicted octanol–water partition coefficient (Wildman–Crippen LogP) is 6.13. The summed E-state index contributed by atoms with van der Waals surface area (Å²) in [4.78, 5) is 18.7. The highest BCUT2D eigenvalue weighted by atomic mass is 35.5. The number of hydrogen-bond acceptors (Lipinski definition) is 5. The first-order chi connectivity index (χ1) is 16.5. The fourth-order valence-electron chi connectivity index (χ4n) is 4.65. The van der Waals surface area contributed by atoms with Gasteiger partial charge < -0.3 is 9.88 Å². The maximum Gasteiger partial charge on any atom is 0.192 e. The summed E-state index contributed by atoms with van der Waals surface area (Å²) in [6.45, 7) is 9.50. The average Bonchev–Trinajstić information content (AvgIpc) is 3.21. The topological polar surface area (TPSA) is 48.1 Å². The van der Waals surface area contributed by atoms with Crippen LogP contribution in [0.15, 0.2) is 64.8 Å². The van der Waals surface area contributed by atoms with Crippen molar-refractivity contribution in [1.82, 2.24) is 19.9 Å². The number of hydrogen-bond donors (Lipinski definition) is 1. The summed E-state index contributed by atoms with van der Waals surface area (Å²) in [7, 11) is 0. The second-order valence-corrected chi connectivity index (χ2v) is 10.4. The molecule has 7 heteroatoms. The lowest BCUT2D eigenvalue weighted by molar-refractivity contribution is 0.255. The molecule has 0 bridgehead atoms. The van der Waals surface area contributed by atoms with E-state index in [4.69, 9.17) is 11.6 Å². The zero-order chi connectivity index (χ0) is 23.5. The summed E-state index contributed by atoms with van der Waals surface area (Å²) in [6.07, 6.45) is 4.36. The number of H-pyrrole nitrogens is 1. The molecule has 0 aliphatic carbocycles. The van der Waals surface area contributed by atoms with Crippen molar-refractivity contribution < 1.29 is 0 Å². The molecule has 5 rings (SSSR count). The summed E-state index contributed by atoms with van der Waals surface area (Å²) >= 11 is 7.81. The number of aryl methyl sites for hydroxylation is 3. The SMILES string of the molecule is Cc1cc(C)nc(Sc2ccc(N3CCN(CCCc4c[nH]c5ccc(Cl)cc45)CC3)cc2)n1. The van der Waals surface area contributed by atoms with Crippen molar-refractivity contribution in [3.05, 3.63) is 76.7 Å². The highest BCUT2D eigenvalue weighted by Crippen LogP contribution is 2.28. The van der Waals surface area contributed by atoms with Gasteiger partial charge in [0.15, 0.2) is 5.16 Å². The minimum Gasteiger partial charge on any atom is -0.369 e. The van der Waals surface area contributed by atoms with Gasteiger partial charge in [-0.1, -0.05) is 11.6 Å². The number of fused-ring (bicyclic) bond motifs is 1. The third-order valence-corrected chi connectivity index (χ3v) is 7.50. The Morgan fingerprint density at radius 2 is 1.68 bits per heavy atom. The number of benzene rings is 2. The molecule has 0 spiro atoms. The van der Waals surface area contributed by atoms with E-state index in [0.29, 0.717) is 0 Å². The number of aromatic nitrogens is 3. The molecule has 0 radical (unpaired) electrons. The van der Waals surface area contributed by atoms with Gasteiger partial charge >= 0.3 is 0 Å². The quantitative estimate of drug-likeness (QED) is 0.315. The van der Waals surface area contributed by atoms with Crippen LogP contribution in [0.25, 0.3) is 10.9 Å². The van der Waals surface area contributed by atoms with Gasteiger partial charge in [-0.2, -0.15) is 0 Å². The largest absolute Gasteiger partial charge is 0.369 e. The third-order valence-electron chi connectivity index (χ3n) is 6.39. The van der Waals surface area contributed by atoms with Gasteiger partial charge in [0.1, 0.15) is 0 Å². The van der Waals surface area contributed by atoms with Crippen molar-refractivity contribution in [1.29, 1.82) is 0 Å². The first kappa shape index (κ1) is 23.2. The Kier molecular flexibility index (Phi) is 7.09. The minimum absolute atomic E-state index is 0.801. The van der Waals surface area contributed by atoms with Crippen molar-refractivity contribution >= 4 is 40.0 Å². The van der Waals surface area contributed by atoms with Gasteiger partial charge in [-0.3, -0.25) is 4.90 Å². The zero-order valence-corrected chi connectivity index (χ0v) is 21.3. The van der Waals surface area contributed by atoms with Crippen LogP contribution in [-0.4, -0.2) is 52.6 Å². The number of halogens is 1. The maximum absolute atomic E-state index is 6.19. The normalized spacial score (nSPS) is 14.7. The minimum atomic E-state index is 0.801. The first-order valence-electron chi connectivity index (χ1n) is 11.9. The molecule has 1 aliphatic heterocycles. The molecular formula is C27H30ClN5S. The summed E-state index contributed by atoms with van der Waals surface area (Å²) in [5, 5.41) is 2.87. The monoisotopic (exact) mass is 491 g/mol. The first-order valence-corrected chi connectivity index (χ1v) is 13.1. The molecular weight excluding hydrogens is 462 g/mol. The number of nitrogens with one attached hydrogen (secondary N) is 1. The van der Waals surface area contributed by atoms with E-state index in [1.165, 1.54) is 27.0 Å². The van der Waals surface area contributed by atoms with E-state index in [1.54, 1.807) is 11.8 Å². The molecule has 2 aromatic carbocycles. The summed E-state index contributed by atoms with van der Waals surface area (Å²) in [6, 6.07) is 16.9. The van der Waals surface area contributed by atoms with Crippen LogP contribution in [0, 0.1) is 13.8 Å². The van der Waals surface area contributed by atoms with Crippen molar-refractivity contribution in [2.45, 2.75) is 36.7 Å². The Morgan fingerprint density at radius 3 is 2.41 bits per heavy atom. The molecule has 2 aromatic heterocycles. The van der Waals surface area contributed by atoms with Crippen LogP contribution in [0.2, 0.25) is 5.02 Å². The molecule has 1 saturated heterocycles. The molecule has 5 nitrogen and oxygen atoms in total. The van der Waals surface area contributed by atoms with Crippen molar-refractivity contribution in [2.75, 3.05) is 37.6 Å². The fourth-order valence-corrected chi connectivity index (χ4v) is 5.68. The predicted molar refractivity (Wildman–Crippen MR) is 142 cm³/mol. The van der Waals surface area contributed by atoms with Crippen molar-refractivity contribution in [3.63, 3.8) is 0 Å². The van der Waals surface area contributed by atoms with Gasteiger partial charge in [0, 0.05) is 70.3 Å². The standard InChI is InChI=1S/C27H30ClN5S/c1-19-16-20(2)31-27(30-19)34-24-8-6-23(7-9-24)33-14-12-32(13-15-33)11-3-4-21-18-29-26-10-5-22(28)17-25(21)26/h5-10,16-18,29H,3-4,11-15H2,1-2H3. The molecule has 0 atom stereocenters. The van der Waals surface area contributed by atoms with Crippen LogP contribution in [0.3, 0.4) is 0 Å². The molecule has 0 unspecified atom stereocenters. The average molecular weight is 492 g/mol. The summed E-state index contributed by atoms with van der Waals surface area (Å²) in [5.41, 5.74) is 5.84. The van der Waals surface area contributed by atoms with E-state index in [2.05, 4.69) is 67.3 Å². The van der Waals surface area contributed by atoms with E-state index in [1.807, 2.05) is 26.0 Å². The highest BCUT2D eigenvalue weighted by molar-refractivity contribution is 7.99. The lowest BCUT2D eigenvalue weighted by Crippen LogP contribution is -2.46. The van der Waals surface area contributed by atoms with Gasteiger partial charge in [0.25, 0.3) is 0 Å². The summed E-state index contributed by atoms with van der Waals surface area (Å²) < 4.78 is 0. The molecule has 176 valence electrons. The number of anilines is 1. The molecule has 1 fully saturated rings. The van der Waals surface area contributed by atoms with Crippen LogP contribution >= 0.6 is 23.4 Å². The van der Waals surface area contributed by atoms with Crippen LogP contribution in [0.5, 0.6) is 0 Å². The molecule has 0 amide bonds. The van der Waals surface area contributed by atoms with Gasteiger partial charge in [0.2, 0.25) is 0 Å². The smallest absolute Gasteiger partial charge is 0.192 e. The van der Waals surface area contributed by atoms with E-state index in [-0.39, 0.29) is 0 Å². The Balaban J connectivity index is 1.10. The van der Waals surface area contributed by atoms with Crippen LogP contribution in [0.4, 0.5) is 5.69 Å². The molecule has 1 N–H and O–H groups in total. The third kappa shape index (κ3) is 5.57. The molecule has 4 aromatic rings. The van der Waals surface area contributed by atoms with E-state index in [9.17, 15) is 0 Å². The van der Waals surface area contributed by atoms with E-state index < -0.39 is 0 Å². The van der Waals surface area contributed by atoms with Crippen LogP contribution < -0.4 is 4.90 Å². The van der Waals surface area contributed by atoms with Crippen molar-refractivity contribution in [3.8, 4) is 0 Å². The lowest BCUT2D eigenvalue weighted by atomic mass is 10.1. The van der Waals surface area contributed by atoms with Gasteiger partial charge in [0.05, 0.1) is 0 Å². The van der Waals surface area contributed by atoms with Gasteiger partial charge in [-0.15, -0.1) is 0 Å². The van der Waals surface area contributed by atoms with Crippen molar-refractivity contribution in [2.24, 2.45) is 0 Å². The van der Waals surface area contributed by atoms with E-state index in [0.717, 1.165) is 67.1 Å².